The second kappa shape index (κ2) is 5.11. The van der Waals surface area contributed by atoms with Crippen molar-refractivity contribution in [3.8, 4) is 11.3 Å². The van der Waals surface area contributed by atoms with Gasteiger partial charge in [-0.1, -0.05) is 24.3 Å². The maximum Gasteiger partial charge on any atom is 0.251 e. The number of epoxide rings is 1. The number of ether oxygens (including phenoxy) is 1. The molecule has 5 heteroatoms. The quantitative estimate of drug-likeness (QED) is 0.869. The number of amides is 1. The van der Waals surface area contributed by atoms with Gasteiger partial charge in [-0.25, -0.2) is 4.98 Å². The molecule has 1 atom stereocenters. The molecule has 0 radical (unpaired) electrons. The van der Waals surface area contributed by atoms with Crippen molar-refractivity contribution >= 4 is 17.2 Å². The summed E-state index contributed by atoms with van der Waals surface area (Å²) in [7, 11) is 0. The smallest absolute Gasteiger partial charge is 0.251 e. The Hall–Kier alpha value is -1.72. The van der Waals surface area contributed by atoms with Crippen LogP contribution in [-0.2, 0) is 16.1 Å². The first-order valence-corrected chi connectivity index (χ1v) is 7.01. The predicted molar refractivity (Wildman–Crippen MR) is 73.9 cm³/mol. The van der Waals surface area contributed by atoms with Gasteiger partial charge in [-0.3, -0.25) is 4.79 Å². The van der Waals surface area contributed by atoms with Gasteiger partial charge in [0.05, 0.1) is 17.3 Å². The molecular formula is C14H14N2O2S. The van der Waals surface area contributed by atoms with Gasteiger partial charge in [-0.05, 0) is 12.5 Å². The van der Waals surface area contributed by atoms with Crippen LogP contribution in [0.1, 0.15) is 10.6 Å². The van der Waals surface area contributed by atoms with Crippen LogP contribution < -0.4 is 5.32 Å². The van der Waals surface area contributed by atoms with Crippen LogP contribution in [0.5, 0.6) is 0 Å². The van der Waals surface area contributed by atoms with Crippen LogP contribution in [0.2, 0.25) is 0 Å². The molecule has 4 nitrogen and oxygen atoms in total. The number of rotatable bonds is 4. The van der Waals surface area contributed by atoms with Gasteiger partial charge >= 0.3 is 0 Å². The zero-order valence-corrected chi connectivity index (χ0v) is 11.4. The Morgan fingerprint density at radius 3 is 2.79 bits per heavy atom. The fourth-order valence-electron chi connectivity index (χ4n) is 1.79. The van der Waals surface area contributed by atoms with Gasteiger partial charge in [0.25, 0.3) is 5.91 Å². The third-order valence-electron chi connectivity index (χ3n) is 2.96. The summed E-state index contributed by atoms with van der Waals surface area (Å²) in [6.07, 6.45) is -0.225. The fourth-order valence-corrected chi connectivity index (χ4v) is 2.41. The van der Waals surface area contributed by atoms with Crippen LogP contribution in [0.15, 0.2) is 29.6 Å². The summed E-state index contributed by atoms with van der Waals surface area (Å²) in [5.74, 6) is -0.0285. The van der Waals surface area contributed by atoms with Crippen molar-refractivity contribution in [2.45, 2.75) is 19.6 Å². The average Bonchev–Trinajstić information content (AvgIpc) is 3.19. The molecule has 1 fully saturated rings. The van der Waals surface area contributed by atoms with E-state index >= 15 is 0 Å². The van der Waals surface area contributed by atoms with Crippen LogP contribution in [0.4, 0.5) is 0 Å². The maximum absolute atomic E-state index is 11.4. The van der Waals surface area contributed by atoms with Crippen molar-refractivity contribution in [3.05, 3.63) is 40.2 Å². The summed E-state index contributed by atoms with van der Waals surface area (Å²) < 4.78 is 4.92. The first kappa shape index (κ1) is 12.3. The van der Waals surface area contributed by atoms with Crippen molar-refractivity contribution in [1.82, 2.24) is 10.3 Å². The maximum atomic E-state index is 11.4. The van der Waals surface area contributed by atoms with E-state index < -0.39 is 0 Å². The number of hydrogen-bond donors (Lipinski definition) is 1. The minimum atomic E-state index is -0.225. The van der Waals surface area contributed by atoms with E-state index in [9.17, 15) is 4.79 Å². The highest BCUT2D eigenvalue weighted by Crippen LogP contribution is 2.21. The lowest BCUT2D eigenvalue weighted by molar-refractivity contribution is -0.122. The SMILES string of the molecule is Cc1nc(-c2ccc(CNC(=O)C3CO3)cc2)cs1. The molecule has 2 heterocycles. The van der Waals surface area contributed by atoms with Gasteiger partial charge in [0.15, 0.2) is 6.10 Å². The molecule has 0 saturated carbocycles. The van der Waals surface area contributed by atoms with E-state index in [4.69, 9.17) is 4.74 Å². The molecule has 3 rings (SSSR count). The number of nitrogens with one attached hydrogen (secondary N) is 1. The van der Waals surface area contributed by atoms with E-state index in [1.54, 1.807) is 11.3 Å². The third-order valence-corrected chi connectivity index (χ3v) is 3.73. The largest absolute Gasteiger partial charge is 0.363 e. The molecule has 0 bridgehead atoms. The molecule has 19 heavy (non-hydrogen) atoms. The topological polar surface area (TPSA) is 54.5 Å². The third kappa shape index (κ3) is 3.00. The molecule has 2 aromatic rings. The lowest BCUT2D eigenvalue weighted by atomic mass is 10.1. The molecule has 1 aliphatic heterocycles. The molecule has 1 amide bonds. The van der Waals surface area contributed by atoms with Gasteiger partial charge in [0, 0.05) is 17.5 Å². The van der Waals surface area contributed by atoms with E-state index in [0.29, 0.717) is 13.2 Å². The molecule has 1 saturated heterocycles. The Labute approximate surface area is 115 Å². The zero-order chi connectivity index (χ0) is 13.2. The standard InChI is InChI=1S/C14H14N2O2S/c1-9-16-12(8-19-9)11-4-2-10(3-5-11)6-15-14(17)13-7-18-13/h2-5,8,13H,6-7H2,1H3,(H,15,17). The van der Waals surface area contributed by atoms with Gasteiger partial charge in [-0.15, -0.1) is 11.3 Å². The molecular weight excluding hydrogens is 260 g/mol. The van der Waals surface area contributed by atoms with E-state index in [1.807, 2.05) is 31.2 Å². The molecule has 1 aliphatic rings. The monoisotopic (exact) mass is 274 g/mol. The van der Waals surface area contributed by atoms with Crippen molar-refractivity contribution < 1.29 is 9.53 Å². The number of carbonyl (C=O) groups is 1. The highest BCUT2D eigenvalue weighted by molar-refractivity contribution is 7.09. The number of benzene rings is 1. The highest BCUT2D eigenvalue weighted by Gasteiger charge is 2.30. The van der Waals surface area contributed by atoms with Gasteiger partial charge < -0.3 is 10.1 Å². The van der Waals surface area contributed by atoms with Crippen LogP contribution in [0.25, 0.3) is 11.3 Å². The highest BCUT2D eigenvalue weighted by atomic mass is 32.1. The van der Waals surface area contributed by atoms with Crippen molar-refractivity contribution in [3.63, 3.8) is 0 Å². The van der Waals surface area contributed by atoms with Crippen LogP contribution in [-0.4, -0.2) is 23.6 Å². The van der Waals surface area contributed by atoms with E-state index in [-0.39, 0.29) is 12.0 Å². The second-order valence-corrected chi connectivity index (χ2v) is 5.55. The summed E-state index contributed by atoms with van der Waals surface area (Å²) in [6.45, 7) is 3.08. The fraction of sp³-hybridized carbons (Fsp3) is 0.286. The Morgan fingerprint density at radius 2 is 2.21 bits per heavy atom. The summed E-state index contributed by atoms with van der Waals surface area (Å²) in [6, 6.07) is 8.09. The Morgan fingerprint density at radius 1 is 1.47 bits per heavy atom. The molecule has 0 aliphatic carbocycles. The minimum absolute atomic E-state index is 0.0285. The zero-order valence-electron chi connectivity index (χ0n) is 10.6. The molecule has 1 N–H and O–H groups in total. The van der Waals surface area contributed by atoms with E-state index in [0.717, 1.165) is 21.8 Å². The number of hydrogen-bond acceptors (Lipinski definition) is 4. The van der Waals surface area contributed by atoms with Crippen molar-refractivity contribution in [2.75, 3.05) is 6.61 Å². The molecule has 0 spiro atoms. The van der Waals surface area contributed by atoms with Gasteiger partial charge in [0.2, 0.25) is 0 Å². The molecule has 1 unspecified atom stereocenters. The van der Waals surface area contributed by atoms with Crippen LogP contribution >= 0.6 is 11.3 Å². The van der Waals surface area contributed by atoms with Crippen molar-refractivity contribution in [2.24, 2.45) is 0 Å². The summed E-state index contributed by atoms with van der Waals surface area (Å²) in [5, 5.41) is 5.96. The van der Waals surface area contributed by atoms with E-state index in [1.165, 1.54) is 0 Å². The van der Waals surface area contributed by atoms with Crippen LogP contribution in [0, 0.1) is 6.92 Å². The number of thiazole rings is 1. The molecule has 98 valence electrons. The second-order valence-electron chi connectivity index (χ2n) is 4.49. The predicted octanol–water partition coefficient (Wildman–Crippen LogP) is 2.13. The Kier molecular flexibility index (Phi) is 3.31. The number of carbonyl (C=O) groups excluding carboxylic acids is 1. The Bertz CT molecular complexity index is 588. The first-order valence-electron chi connectivity index (χ1n) is 6.13. The van der Waals surface area contributed by atoms with Crippen LogP contribution in [0.3, 0.4) is 0 Å². The Balaban J connectivity index is 1.63. The first-order chi connectivity index (χ1) is 9.22. The number of nitrogens with zero attached hydrogens (tertiary/aromatic N) is 1. The summed E-state index contributed by atoms with van der Waals surface area (Å²) >= 11 is 1.65. The summed E-state index contributed by atoms with van der Waals surface area (Å²) in [5.41, 5.74) is 3.18. The van der Waals surface area contributed by atoms with Gasteiger partial charge in [0.1, 0.15) is 0 Å². The normalized spacial score (nSPS) is 17.2. The minimum Gasteiger partial charge on any atom is -0.363 e. The average molecular weight is 274 g/mol. The lowest BCUT2D eigenvalue weighted by Crippen LogP contribution is -2.27. The van der Waals surface area contributed by atoms with Gasteiger partial charge in [-0.2, -0.15) is 0 Å². The number of aromatic nitrogens is 1. The lowest BCUT2D eigenvalue weighted by Gasteiger charge is -2.04. The van der Waals surface area contributed by atoms with E-state index in [2.05, 4.69) is 15.7 Å². The summed E-state index contributed by atoms with van der Waals surface area (Å²) in [4.78, 5) is 15.9. The number of aryl methyl sites for hydroxylation is 1. The molecule has 1 aromatic carbocycles. The van der Waals surface area contributed by atoms with Crippen molar-refractivity contribution in [1.29, 1.82) is 0 Å². The molecule has 1 aromatic heterocycles.